The Hall–Kier alpha value is -1.62. The first-order chi connectivity index (χ1) is 7.57. The van der Waals surface area contributed by atoms with Gasteiger partial charge < -0.3 is 9.84 Å². The van der Waals surface area contributed by atoms with Crippen LogP contribution in [0, 0.1) is 0 Å². The lowest BCUT2D eigenvalue weighted by molar-refractivity contribution is 0.0911. The molecule has 0 amide bonds. The molecule has 4 nitrogen and oxygen atoms in total. The fourth-order valence-corrected chi connectivity index (χ4v) is 2.14. The molecule has 0 aromatic heterocycles. The molecule has 0 radical (unpaired) electrons. The molecule has 0 saturated heterocycles. The lowest BCUT2D eigenvalue weighted by Crippen LogP contribution is -2.20. The monoisotopic (exact) mass is 282 g/mol. The molecule has 1 aliphatic rings. The number of ketones is 2. The predicted octanol–water partition coefficient (Wildman–Crippen LogP) is 2.02. The normalized spacial score (nSPS) is 15.1. The molecule has 82 valence electrons. The van der Waals surface area contributed by atoms with Crippen LogP contribution in [0.15, 0.2) is 28.4 Å². The minimum Gasteiger partial charge on any atom is -0.507 e. The summed E-state index contributed by atoms with van der Waals surface area (Å²) in [4.78, 5) is 23.7. The van der Waals surface area contributed by atoms with E-state index in [2.05, 4.69) is 15.9 Å². The first-order valence-corrected chi connectivity index (χ1v) is 5.22. The van der Waals surface area contributed by atoms with E-state index in [0.717, 1.165) is 0 Å². The second-order valence-corrected chi connectivity index (χ2v) is 4.00. The van der Waals surface area contributed by atoms with E-state index in [1.807, 2.05) is 0 Å². The maximum Gasteiger partial charge on any atom is 0.233 e. The average molecular weight is 283 g/mol. The summed E-state index contributed by atoms with van der Waals surface area (Å²) in [5, 5.41) is 9.58. The van der Waals surface area contributed by atoms with Gasteiger partial charge in [0.1, 0.15) is 10.2 Å². The van der Waals surface area contributed by atoms with E-state index < -0.39 is 5.78 Å². The Morgan fingerprint density at radius 1 is 1.25 bits per heavy atom. The summed E-state index contributed by atoms with van der Waals surface area (Å²) in [6.07, 6.45) is 0. The van der Waals surface area contributed by atoms with Gasteiger partial charge in [-0.3, -0.25) is 9.59 Å². The molecular formula is C11H7BrO4. The Morgan fingerprint density at radius 2 is 1.94 bits per heavy atom. The summed E-state index contributed by atoms with van der Waals surface area (Å²) < 4.78 is 4.93. The van der Waals surface area contributed by atoms with Crippen LogP contribution in [0.25, 0.3) is 0 Å². The number of fused-ring (bicyclic) bond motifs is 1. The van der Waals surface area contributed by atoms with Crippen molar-refractivity contribution in [3.63, 3.8) is 0 Å². The highest BCUT2D eigenvalue weighted by molar-refractivity contribution is 9.12. The topological polar surface area (TPSA) is 63.6 Å². The van der Waals surface area contributed by atoms with Crippen molar-refractivity contribution in [2.75, 3.05) is 7.11 Å². The zero-order chi connectivity index (χ0) is 11.9. The van der Waals surface area contributed by atoms with Crippen molar-refractivity contribution in [2.24, 2.45) is 0 Å². The van der Waals surface area contributed by atoms with E-state index in [0.29, 0.717) is 0 Å². The fourth-order valence-electron chi connectivity index (χ4n) is 1.58. The molecule has 2 rings (SSSR count). The van der Waals surface area contributed by atoms with Gasteiger partial charge in [0.2, 0.25) is 11.6 Å². The van der Waals surface area contributed by atoms with E-state index in [9.17, 15) is 14.7 Å². The maximum atomic E-state index is 11.9. The third-order valence-electron chi connectivity index (χ3n) is 2.32. The van der Waals surface area contributed by atoms with Gasteiger partial charge in [0, 0.05) is 5.56 Å². The molecule has 1 aromatic rings. The zero-order valence-electron chi connectivity index (χ0n) is 8.28. The van der Waals surface area contributed by atoms with Crippen molar-refractivity contribution < 1.29 is 19.4 Å². The van der Waals surface area contributed by atoms with Crippen molar-refractivity contribution in [2.45, 2.75) is 0 Å². The summed E-state index contributed by atoms with van der Waals surface area (Å²) >= 11 is 3.02. The molecule has 1 aliphatic carbocycles. The second-order valence-electron chi connectivity index (χ2n) is 3.21. The molecular weight excluding hydrogens is 276 g/mol. The fraction of sp³-hybridized carbons (Fsp3) is 0.0909. The van der Waals surface area contributed by atoms with Crippen LogP contribution in [0.3, 0.4) is 0 Å². The molecule has 0 fully saturated rings. The maximum absolute atomic E-state index is 11.9. The van der Waals surface area contributed by atoms with Gasteiger partial charge in [-0.05, 0) is 28.1 Å². The predicted molar refractivity (Wildman–Crippen MR) is 59.7 cm³/mol. The zero-order valence-corrected chi connectivity index (χ0v) is 9.87. The van der Waals surface area contributed by atoms with Crippen LogP contribution in [0.1, 0.15) is 20.7 Å². The molecule has 0 heterocycles. The molecule has 5 heteroatoms. The smallest absolute Gasteiger partial charge is 0.233 e. The highest BCUT2D eigenvalue weighted by Gasteiger charge is 2.33. The largest absolute Gasteiger partial charge is 0.507 e. The van der Waals surface area contributed by atoms with Crippen molar-refractivity contribution in [1.82, 2.24) is 0 Å². The molecule has 0 spiro atoms. The molecule has 0 atom stereocenters. The molecule has 0 bridgehead atoms. The number of allylic oxidation sites excluding steroid dienone is 2. The number of aromatic hydroxyl groups is 1. The van der Waals surface area contributed by atoms with Crippen LogP contribution in [0.4, 0.5) is 0 Å². The number of carbonyl (C=O) groups is 2. The minimum absolute atomic E-state index is 0.00690. The van der Waals surface area contributed by atoms with Gasteiger partial charge in [-0.25, -0.2) is 0 Å². The number of hydrogen-bond donors (Lipinski definition) is 1. The van der Waals surface area contributed by atoms with E-state index in [-0.39, 0.29) is 32.9 Å². The molecule has 0 aliphatic heterocycles. The Bertz CT molecular complexity index is 531. The summed E-state index contributed by atoms with van der Waals surface area (Å²) in [6.45, 7) is 0. The van der Waals surface area contributed by atoms with Gasteiger partial charge in [0.15, 0.2) is 5.76 Å². The molecule has 0 unspecified atom stereocenters. The quantitative estimate of drug-likeness (QED) is 0.856. The van der Waals surface area contributed by atoms with E-state index in [1.54, 1.807) is 0 Å². The summed E-state index contributed by atoms with van der Waals surface area (Å²) in [7, 11) is 1.30. The number of rotatable bonds is 1. The summed E-state index contributed by atoms with van der Waals surface area (Å²) in [5.74, 6) is -1.17. The van der Waals surface area contributed by atoms with E-state index >= 15 is 0 Å². The Labute approximate surface area is 99.7 Å². The summed E-state index contributed by atoms with van der Waals surface area (Å²) in [6, 6.07) is 4.36. The number of phenols is 1. The number of methoxy groups -OCH3 is 1. The van der Waals surface area contributed by atoms with Gasteiger partial charge in [0.05, 0.1) is 12.7 Å². The number of benzene rings is 1. The van der Waals surface area contributed by atoms with Crippen LogP contribution in [-0.2, 0) is 4.74 Å². The standard InChI is InChI=1S/C11H7BrO4/c1-16-11-8(12)9(14)5-3-2-4-6(13)7(5)10(11)15/h2-4,13H,1H3. The van der Waals surface area contributed by atoms with Gasteiger partial charge >= 0.3 is 0 Å². The summed E-state index contributed by atoms with van der Waals surface area (Å²) in [5.41, 5.74) is 0.172. The van der Waals surface area contributed by atoms with Crippen molar-refractivity contribution in [3.8, 4) is 5.75 Å². The van der Waals surface area contributed by atoms with E-state index in [1.165, 1.54) is 25.3 Å². The van der Waals surface area contributed by atoms with Crippen LogP contribution >= 0.6 is 15.9 Å². The SMILES string of the molecule is COC1=C(Br)C(=O)c2cccc(O)c2C1=O. The molecule has 0 saturated carbocycles. The highest BCUT2D eigenvalue weighted by atomic mass is 79.9. The number of ether oxygens (including phenoxy) is 1. The van der Waals surface area contributed by atoms with Gasteiger partial charge in [-0.1, -0.05) is 6.07 Å². The molecule has 1 aromatic carbocycles. The molecule has 16 heavy (non-hydrogen) atoms. The van der Waals surface area contributed by atoms with Crippen LogP contribution in [-0.4, -0.2) is 23.8 Å². The third-order valence-corrected chi connectivity index (χ3v) is 3.04. The van der Waals surface area contributed by atoms with Crippen LogP contribution < -0.4 is 0 Å². The average Bonchev–Trinajstić information content (AvgIpc) is 2.26. The number of halogens is 1. The molecule has 1 N–H and O–H groups in total. The highest BCUT2D eigenvalue weighted by Crippen LogP contribution is 2.34. The Balaban J connectivity index is 2.75. The first-order valence-electron chi connectivity index (χ1n) is 4.43. The number of Topliss-reactive ketones (excluding diaryl/α,β-unsaturated/α-hetero) is 2. The van der Waals surface area contributed by atoms with Crippen molar-refractivity contribution >= 4 is 27.5 Å². The number of hydrogen-bond acceptors (Lipinski definition) is 4. The van der Waals surface area contributed by atoms with Crippen LogP contribution in [0.5, 0.6) is 5.75 Å². The van der Waals surface area contributed by atoms with Crippen molar-refractivity contribution in [1.29, 1.82) is 0 Å². The third kappa shape index (κ3) is 1.36. The lowest BCUT2D eigenvalue weighted by Gasteiger charge is -2.17. The van der Waals surface area contributed by atoms with Crippen LogP contribution in [0.2, 0.25) is 0 Å². The Kier molecular flexibility index (Phi) is 2.55. The van der Waals surface area contributed by atoms with Gasteiger partial charge in [0.25, 0.3) is 0 Å². The van der Waals surface area contributed by atoms with Gasteiger partial charge in [-0.2, -0.15) is 0 Å². The minimum atomic E-state index is -0.498. The Morgan fingerprint density at radius 3 is 2.56 bits per heavy atom. The first kappa shape index (κ1) is 10.9. The van der Waals surface area contributed by atoms with Gasteiger partial charge in [-0.15, -0.1) is 0 Å². The second kappa shape index (κ2) is 3.75. The van der Waals surface area contributed by atoms with Crippen molar-refractivity contribution in [3.05, 3.63) is 39.6 Å². The number of phenolic OH excluding ortho intramolecular Hbond substituents is 1. The number of carbonyl (C=O) groups excluding carboxylic acids is 2. The lowest BCUT2D eigenvalue weighted by atomic mass is 9.93. The van der Waals surface area contributed by atoms with E-state index in [4.69, 9.17) is 4.74 Å².